The summed E-state index contributed by atoms with van der Waals surface area (Å²) >= 11 is 0. The molecule has 0 bridgehead atoms. The van der Waals surface area contributed by atoms with Crippen molar-refractivity contribution in [3.05, 3.63) is 60.4 Å². The van der Waals surface area contributed by atoms with E-state index in [2.05, 4.69) is 4.98 Å². The highest BCUT2D eigenvalue weighted by Gasteiger charge is 2.37. The van der Waals surface area contributed by atoms with E-state index < -0.39 is 0 Å². The quantitative estimate of drug-likeness (QED) is 0.731. The Balaban J connectivity index is 1.30. The van der Waals surface area contributed by atoms with Crippen molar-refractivity contribution < 1.29 is 9.53 Å². The van der Waals surface area contributed by atoms with Gasteiger partial charge in [0.2, 0.25) is 0 Å². The molecule has 0 aliphatic carbocycles. The Hall–Kier alpha value is -2.66. The summed E-state index contributed by atoms with van der Waals surface area (Å²) in [6, 6.07) is 15.9. The minimum atomic E-state index is 0.127. The van der Waals surface area contributed by atoms with Crippen LogP contribution in [0.2, 0.25) is 0 Å². The summed E-state index contributed by atoms with van der Waals surface area (Å²) in [7, 11) is 0. The molecule has 5 rings (SSSR count). The number of rotatable bonds is 3. The molecule has 1 atom stereocenters. The highest BCUT2D eigenvalue weighted by molar-refractivity contribution is 5.95. The number of ether oxygens (including phenoxy) is 1. The lowest BCUT2D eigenvalue weighted by Crippen LogP contribution is -2.52. The van der Waals surface area contributed by atoms with Gasteiger partial charge in [0.05, 0.1) is 11.0 Å². The molecule has 5 heteroatoms. The van der Waals surface area contributed by atoms with Crippen molar-refractivity contribution in [2.75, 3.05) is 26.3 Å². The zero-order chi connectivity index (χ0) is 17.5. The van der Waals surface area contributed by atoms with Crippen LogP contribution in [0.3, 0.4) is 0 Å². The van der Waals surface area contributed by atoms with Crippen molar-refractivity contribution in [3.8, 4) is 5.69 Å². The summed E-state index contributed by atoms with van der Waals surface area (Å²) in [6.07, 6.45) is 2.96. The van der Waals surface area contributed by atoms with Gasteiger partial charge in [0.25, 0.3) is 5.91 Å². The third-order valence-corrected chi connectivity index (χ3v) is 5.67. The lowest BCUT2D eigenvalue weighted by Gasteiger charge is -2.42. The maximum absolute atomic E-state index is 12.7. The number of hydrogen-bond donors (Lipinski definition) is 0. The van der Waals surface area contributed by atoms with Gasteiger partial charge in [0.15, 0.2) is 0 Å². The predicted molar refractivity (Wildman–Crippen MR) is 99.4 cm³/mol. The average molecular weight is 347 g/mol. The molecular formula is C21H21N3O2. The molecule has 0 radical (unpaired) electrons. The van der Waals surface area contributed by atoms with Gasteiger partial charge in [-0.05, 0) is 54.7 Å². The van der Waals surface area contributed by atoms with Crippen molar-refractivity contribution in [2.45, 2.75) is 6.42 Å². The van der Waals surface area contributed by atoms with Crippen LogP contribution in [0.5, 0.6) is 0 Å². The molecule has 2 fully saturated rings. The van der Waals surface area contributed by atoms with Gasteiger partial charge in [-0.15, -0.1) is 0 Å². The van der Waals surface area contributed by atoms with Crippen molar-refractivity contribution in [2.24, 2.45) is 11.8 Å². The first-order valence-corrected chi connectivity index (χ1v) is 9.19. The molecule has 1 unspecified atom stereocenters. The summed E-state index contributed by atoms with van der Waals surface area (Å²) in [5, 5.41) is 0. The van der Waals surface area contributed by atoms with E-state index in [9.17, 15) is 4.79 Å². The van der Waals surface area contributed by atoms with E-state index in [4.69, 9.17) is 4.74 Å². The van der Waals surface area contributed by atoms with Crippen LogP contribution in [0.1, 0.15) is 16.8 Å². The van der Waals surface area contributed by atoms with E-state index in [0.29, 0.717) is 11.8 Å². The number of carbonyl (C=O) groups is 1. The Kier molecular flexibility index (Phi) is 3.75. The molecule has 2 saturated heterocycles. The third kappa shape index (κ3) is 2.59. The van der Waals surface area contributed by atoms with Crippen LogP contribution >= 0.6 is 0 Å². The number of carbonyl (C=O) groups excluding carboxylic acids is 1. The Morgan fingerprint density at radius 1 is 1.04 bits per heavy atom. The molecule has 1 aromatic heterocycles. The van der Waals surface area contributed by atoms with Gasteiger partial charge in [0.1, 0.15) is 6.33 Å². The summed E-state index contributed by atoms with van der Waals surface area (Å²) in [5.74, 6) is 1.37. The van der Waals surface area contributed by atoms with E-state index in [1.165, 1.54) is 0 Å². The first-order valence-electron chi connectivity index (χ1n) is 9.19. The van der Waals surface area contributed by atoms with Crippen LogP contribution in [-0.2, 0) is 4.74 Å². The fourth-order valence-corrected chi connectivity index (χ4v) is 4.01. The maximum atomic E-state index is 12.7. The minimum Gasteiger partial charge on any atom is -0.381 e. The van der Waals surface area contributed by atoms with Gasteiger partial charge >= 0.3 is 0 Å². The summed E-state index contributed by atoms with van der Waals surface area (Å²) in [6.45, 7) is 3.46. The monoisotopic (exact) mass is 347 g/mol. The lowest BCUT2D eigenvalue weighted by atomic mass is 9.85. The van der Waals surface area contributed by atoms with E-state index in [-0.39, 0.29) is 5.91 Å². The maximum Gasteiger partial charge on any atom is 0.253 e. The van der Waals surface area contributed by atoms with E-state index >= 15 is 0 Å². The number of likely N-dealkylation sites (tertiary alicyclic amines) is 1. The Bertz CT molecular complexity index is 935. The Labute approximate surface area is 152 Å². The van der Waals surface area contributed by atoms with Gasteiger partial charge in [-0.3, -0.25) is 9.36 Å². The molecular weight excluding hydrogens is 326 g/mol. The van der Waals surface area contributed by atoms with Crippen molar-refractivity contribution >= 4 is 16.9 Å². The number of fused-ring (bicyclic) bond motifs is 1. The topological polar surface area (TPSA) is 47.4 Å². The molecule has 2 aliphatic heterocycles. The molecule has 26 heavy (non-hydrogen) atoms. The summed E-state index contributed by atoms with van der Waals surface area (Å²) in [5.41, 5.74) is 3.80. The van der Waals surface area contributed by atoms with Crippen LogP contribution in [0.4, 0.5) is 0 Å². The van der Waals surface area contributed by atoms with Gasteiger partial charge in [-0.2, -0.15) is 0 Å². The van der Waals surface area contributed by atoms with Crippen LogP contribution in [0.15, 0.2) is 54.9 Å². The first-order chi connectivity index (χ1) is 12.8. The second kappa shape index (κ2) is 6.25. The molecule has 0 spiro atoms. The third-order valence-electron chi connectivity index (χ3n) is 5.67. The zero-order valence-electron chi connectivity index (χ0n) is 14.5. The number of nitrogens with zero attached hydrogens (tertiary/aromatic N) is 3. The van der Waals surface area contributed by atoms with Crippen molar-refractivity contribution in [1.82, 2.24) is 14.5 Å². The fourth-order valence-electron chi connectivity index (χ4n) is 4.01. The second-order valence-electron chi connectivity index (χ2n) is 7.24. The van der Waals surface area contributed by atoms with Crippen LogP contribution < -0.4 is 0 Å². The van der Waals surface area contributed by atoms with E-state index in [1.807, 2.05) is 64.3 Å². The number of imidazole rings is 1. The number of aromatic nitrogens is 2. The van der Waals surface area contributed by atoms with Crippen LogP contribution in [0, 0.1) is 11.8 Å². The van der Waals surface area contributed by atoms with Gasteiger partial charge in [-0.25, -0.2) is 4.98 Å². The van der Waals surface area contributed by atoms with E-state index in [0.717, 1.165) is 55.0 Å². The second-order valence-corrected chi connectivity index (χ2v) is 7.24. The molecule has 1 amide bonds. The molecule has 3 heterocycles. The molecule has 0 saturated carbocycles. The molecule has 3 aromatic rings. The van der Waals surface area contributed by atoms with Gasteiger partial charge < -0.3 is 9.64 Å². The first kappa shape index (κ1) is 15.6. The average Bonchev–Trinajstić information content (AvgIpc) is 3.30. The molecule has 132 valence electrons. The lowest BCUT2D eigenvalue weighted by molar-refractivity contribution is 0.0342. The van der Waals surface area contributed by atoms with Crippen LogP contribution in [-0.4, -0.2) is 46.7 Å². The minimum absolute atomic E-state index is 0.127. The van der Waals surface area contributed by atoms with Crippen LogP contribution in [0.25, 0.3) is 16.7 Å². The Morgan fingerprint density at radius 3 is 2.62 bits per heavy atom. The number of para-hydroxylation sites is 2. The number of benzene rings is 2. The Morgan fingerprint density at radius 2 is 1.85 bits per heavy atom. The summed E-state index contributed by atoms with van der Waals surface area (Å²) < 4.78 is 7.51. The highest BCUT2D eigenvalue weighted by atomic mass is 16.5. The zero-order valence-corrected chi connectivity index (χ0v) is 14.5. The van der Waals surface area contributed by atoms with Gasteiger partial charge in [0, 0.05) is 37.6 Å². The van der Waals surface area contributed by atoms with E-state index in [1.54, 1.807) is 0 Å². The number of hydrogen-bond acceptors (Lipinski definition) is 3. The fraction of sp³-hybridized carbons (Fsp3) is 0.333. The molecule has 2 aromatic carbocycles. The molecule has 2 aliphatic rings. The summed E-state index contributed by atoms with van der Waals surface area (Å²) in [4.78, 5) is 19.0. The standard InChI is InChI=1S/C21H21N3O2/c25-21(23-11-17(12-23)16-9-10-26-13-16)15-5-7-18(8-6-15)24-14-22-19-3-1-2-4-20(19)24/h1-8,14,16-17H,9-13H2. The molecule has 5 nitrogen and oxygen atoms in total. The SMILES string of the molecule is O=C(c1ccc(-n2cnc3ccccc32)cc1)N1CC(C2CCOC2)C1. The van der Waals surface area contributed by atoms with Crippen molar-refractivity contribution in [1.29, 1.82) is 0 Å². The normalized spacial score (nSPS) is 20.5. The largest absolute Gasteiger partial charge is 0.381 e. The molecule has 0 N–H and O–H groups in total. The van der Waals surface area contributed by atoms with Crippen molar-refractivity contribution in [3.63, 3.8) is 0 Å². The van der Waals surface area contributed by atoms with Gasteiger partial charge in [-0.1, -0.05) is 12.1 Å². The predicted octanol–water partition coefficient (Wildman–Crippen LogP) is 3.13. The highest BCUT2D eigenvalue weighted by Crippen LogP contribution is 2.31. The number of amides is 1. The smallest absolute Gasteiger partial charge is 0.253 e.